The molecule has 3 aromatic rings. The summed E-state index contributed by atoms with van der Waals surface area (Å²) >= 11 is 7.36. The first-order valence-corrected chi connectivity index (χ1v) is 7.18. The Hall–Kier alpha value is -2.31. The molecular weight excluding hydrogens is 310 g/mol. The van der Waals surface area contributed by atoms with E-state index in [0.29, 0.717) is 21.5 Å². The van der Waals surface area contributed by atoms with E-state index in [9.17, 15) is 4.79 Å². The number of carbonyl (C=O) groups is 1. The summed E-state index contributed by atoms with van der Waals surface area (Å²) in [7, 11) is 0. The molecule has 0 radical (unpaired) electrons. The number of hydrogen-bond donors (Lipinski definition) is 3. The van der Waals surface area contributed by atoms with E-state index in [1.807, 2.05) is 12.1 Å². The fourth-order valence-electron chi connectivity index (χ4n) is 1.86. The Morgan fingerprint density at radius 1 is 1.29 bits per heavy atom. The second-order valence-electron chi connectivity index (χ2n) is 4.36. The molecule has 0 amide bonds. The number of nitrogens with one attached hydrogen (secondary N) is 1. The SMILES string of the molecule is Nc1ccc(C(=O)O)cc1Nc1nc2ccc(Cl)cc2s1. The Bertz CT molecular complexity index is 847. The predicted octanol–water partition coefficient (Wildman–Crippen LogP) is 3.97. The van der Waals surface area contributed by atoms with Gasteiger partial charge < -0.3 is 16.2 Å². The van der Waals surface area contributed by atoms with Crippen LogP contribution < -0.4 is 11.1 Å². The zero-order valence-electron chi connectivity index (χ0n) is 10.6. The lowest BCUT2D eigenvalue weighted by atomic mass is 10.2. The Labute approximate surface area is 129 Å². The molecule has 0 saturated carbocycles. The molecular formula is C14H10ClN3O2S. The molecule has 0 atom stereocenters. The maximum absolute atomic E-state index is 11.0. The topological polar surface area (TPSA) is 88.2 Å². The summed E-state index contributed by atoms with van der Waals surface area (Å²) in [4.78, 5) is 15.4. The number of carboxylic acid groups (broad SMARTS) is 1. The molecule has 1 aromatic heterocycles. The summed E-state index contributed by atoms with van der Waals surface area (Å²) in [5, 5.41) is 13.3. The molecule has 106 valence electrons. The third kappa shape index (κ3) is 2.76. The lowest BCUT2D eigenvalue weighted by Crippen LogP contribution is -2.01. The number of anilines is 3. The van der Waals surface area contributed by atoms with E-state index in [2.05, 4.69) is 10.3 Å². The van der Waals surface area contributed by atoms with E-state index in [1.54, 1.807) is 12.1 Å². The fourth-order valence-corrected chi connectivity index (χ4v) is 3.02. The van der Waals surface area contributed by atoms with Crippen LogP contribution in [0.2, 0.25) is 5.02 Å². The molecule has 21 heavy (non-hydrogen) atoms. The van der Waals surface area contributed by atoms with Crippen LogP contribution in [0.4, 0.5) is 16.5 Å². The minimum absolute atomic E-state index is 0.163. The van der Waals surface area contributed by atoms with E-state index < -0.39 is 5.97 Å². The number of aromatic nitrogens is 1. The predicted molar refractivity (Wildman–Crippen MR) is 85.7 cm³/mol. The molecule has 0 fully saturated rings. The van der Waals surface area contributed by atoms with Gasteiger partial charge in [0.1, 0.15) is 0 Å². The average molecular weight is 320 g/mol. The number of rotatable bonds is 3. The normalized spacial score (nSPS) is 10.7. The highest BCUT2D eigenvalue weighted by atomic mass is 35.5. The number of aromatic carboxylic acids is 1. The monoisotopic (exact) mass is 319 g/mol. The van der Waals surface area contributed by atoms with E-state index in [-0.39, 0.29) is 5.56 Å². The lowest BCUT2D eigenvalue weighted by molar-refractivity contribution is 0.0697. The minimum atomic E-state index is -1.01. The van der Waals surface area contributed by atoms with E-state index in [0.717, 1.165) is 10.2 Å². The van der Waals surface area contributed by atoms with Gasteiger partial charge in [0.15, 0.2) is 5.13 Å². The Morgan fingerprint density at radius 3 is 2.86 bits per heavy atom. The molecule has 0 aliphatic heterocycles. The third-order valence-corrected chi connectivity index (χ3v) is 4.06. The van der Waals surface area contributed by atoms with Crippen LogP contribution in [0, 0.1) is 0 Å². The van der Waals surface area contributed by atoms with Gasteiger partial charge in [-0.2, -0.15) is 0 Å². The van der Waals surface area contributed by atoms with E-state index in [4.69, 9.17) is 22.4 Å². The molecule has 0 unspecified atom stereocenters. The van der Waals surface area contributed by atoms with Crippen LogP contribution in [0.1, 0.15) is 10.4 Å². The third-order valence-electron chi connectivity index (χ3n) is 2.89. The molecule has 0 spiro atoms. The highest BCUT2D eigenvalue weighted by molar-refractivity contribution is 7.22. The molecule has 0 aliphatic rings. The number of nitrogens with zero attached hydrogens (tertiary/aromatic N) is 1. The van der Waals surface area contributed by atoms with Gasteiger partial charge in [0.05, 0.1) is 27.2 Å². The zero-order chi connectivity index (χ0) is 15.0. The van der Waals surface area contributed by atoms with Gasteiger partial charge in [-0.3, -0.25) is 0 Å². The van der Waals surface area contributed by atoms with Gasteiger partial charge in [0.2, 0.25) is 0 Å². The van der Waals surface area contributed by atoms with Gasteiger partial charge in [-0.1, -0.05) is 22.9 Å². The quantitative estimate of drug-likeness (QED) is 0.636. The van der Waals surface area contributed by atoms with Gasteiger partial charge in [0, 0.05) is 5.02 Å². The standard InChI is InChI=1S/C14H10ClN3O2S/c15-8-2-4-10-12(6-8)21-14(17-10)18-11-5-7(13(19)20)1-3-9(11)16/h1-6H,16H2,(H,17,18)(H,19,20). The van der Waals surface area contributed by atoms with Crippen molar-refractivity contribution in [2.45, 2.75) is 0 Å². The Morgan fingerprint density at radius 2 is 2.10 bits per heavy atom. The molecule has 0 saturated heterocycles. The molecule has 7 heteroatoms. The van der Waals surface area contributed by atoms with Gasteiger partial charge in [-0.15, -0.1) is 0 Å². The summed E-state index contributed by atoms with van der Waals surface area (Å²) in [6.45, 7) is 0. The molecule has 5 nitrogen and oxygen atoms in total. The smallest absolute Gasteiger partial charge is 0.335 e. The summed E-state index contributed by atoms with van der Waals surface area (Å²) in [6, 6.07) is 9.92. The lowest BCUT2D eigenvalue weighted by Gasteiger charge is -2.07. The number of nitrogens with two attached hydrogens (primary N) is 1. The first-order chi connectivity index (χ1) is 10.0. The van der Waals surface area contributed by atoms with Crippen molar-refractivity contribution in [1.82, 2.24) is 4.98 Å². The minimum Gasteiger partial charge on any atom is -0.478 e. The number of benzene rings is 2. The summed E-state index contributed by atoms with van der Waals surface area (Å²) in [5.74, 6) is -1.01. The molecule has 0 bridgehead atoms. The van der Waals surface area contributed by atoms with Gasteiger partial charge in [0.25, 0.3) is 0 Å². The summed E-state index contributed by atoms with van der Waals surface area (Å²) in [5.41, 5.74) is 7.81. The first-order valence-electron chi connectivity index (χ1n) is 5.99. The van der Waals surface area contributed by atoms with Crippen molar-refractivity contribution in [3.05, 3.63) is 47.0 Å². The number of carboxylic acids is 1. The number of thiazole rings is 1. The first kappa shape index (κ1) is 13.7. The van der Waals surface area contributed by atoms with Crippen molar-refractivity contribution in [3.63, 3.8) is 0 Å². The highest BCUT2D eigenvalue weighted by Crippen LogP contribution is 2.32. The number of nitrogen functional groups attached to an aromatic ring is 1. The average Bonchev–Trinajstić information content (AvgIpc) is 2.82. The second-order valence-corrected chi connectivity index (χ2v) is 5.83. The molecule has 4 N–H and O–H groups in total. The van der Waals surface area contributed by atoms with Crippen LogP contribution in [0.25, 0.3) is 10.2 Å². The van der Waals surface area contributed by atoms with E-state index >= 15 is 0 Å². The van der Waals surface area contributed by atoms with Crippen LogP contribution >= 0.6 is 22.9 Å². The largest absolute Gasteiger partial charge is 0.478 e. The molecule has 2 aromatic carbocycles. The fraction of sp³-hybridized carbons (Fsp3) is 0. The van der Waals surface area contributed by atoms with Crippen molar-refractivity contribution < 1.29 is 9.90 Å². The number of hydrogen-bond acceptors (Lipinski definition) is 5. The zero-order valence-corrected chi connectivity index (χ0v) is 12.2. The highest BCUT2D eigenvalue weighted by Gasteiger charge is 2.09. The maximum atomic E-state index is 11.0. The van der Waals surface area contributed by atoms with Crippen LogP contribution in [0.5, 0.6) is 0 Å². The van der Waals surface area contributed by atoms with Crippen molar-refractivity contribution in [3.8, 4) is 0 Å². The van der Waals surface area contributed by atoms with Gasteiger partial charge in [-0.05, 0) is 36.4 Å². The number of fused-ring (bicyclic) bond motifs is 1. The van der Waals surface area contributed by atoms with Crippen LogP contribution in [-0.4, -0.2) is 16.1 Å². The summed E-state index contributed by atoms with van der Waals surface area (Å²) in [6.07, 6.45) is 0. The van der Waals surface area contributed by atoms with E-state index in [1.165, 1.54) is 23.5 Å². The van der Waals surface area contributed by atoms with Crippen molar-refractivity contribution >= 4 is 55.6 Å². The number of halogens is 1. The van der Waals surface area contributed by atoms with Crippen LogP contribution in [0.15, 0.2) is 36.4 Å². The van der Waals surface area contributed by atoms with Crippen molar-refractivity contribution in [2.24, 2.45) is 0 Å². The Balaban J connectivity index is 1.98. The maximum Gasteiger partial charge on any atom is 0.335 e. The second kappa shape index (κ2) is 5.23. The van der Waals surface area contributed by atoms with Gasteiger partial charge in [-0.25, -0.2) is 9.78 Å². The van der Waals surface area contributed by atoms with Crippen LogP contribution in [0.3, 0.4) is 0 Å². The summed E-state index contributed by atoms with van der Waals surface area (Å²) < 4.78 is 0.943. The van der Waals surface area contributed by atoms with Crippen molar-refractivity contribution in [2.75, 3.05) is 11.1 Å². The molecule has 3 rings (SSSR count). The van der Waals surface area contributed by atoms with Crippen LogP contribution in [-0.2, 0) is 0 Å². The molecule has 0 aliphatic carbocycles. The van der Waals surface area contributed by atoms with Crippen molar-refractivity contribution in [1.29, 1.82) is 0 Å². The Kier molecular flexibility index (Phi) is 3.40. The van der Waals surface area contributed by atoms with Gasteiger partial charge >= 0.3 is 5.97 Å². The molecule has 1 heterocycles.